The Hall–Kier alpha value is -0.860. The molecule has 2 atom stereocenters. The molecule has 15 heavy (non-hydrogen) atoms. The summed E-state index contributed by atoms with van der Waals surface area (Å²) in [5.74, 6) is 0.256. The summed E-state index contributed by atoms with van der Waals surface area (Å²) in [4.78, 5) is 23.1. The van der Waals surface area contributed by atoms with Crippen LogP contribution < -0.4 is 0 Å². The molecule has 0 spiro atoms. The number of hydrogen-bond acceptors (Lipinski definition) is 3. The van der Waals surface area contributed by atoms with Gasteiger partial charge in [-0.1, -0.05) is 13.8 Å². The highest BCUT2D eigenvalue weighted by Crippen LogP contribution is 2.33. The van der Waals surface area contributed by atoms with Gasteiger partial charge < -0.3 is 4.74 Å². The highest BCUT2D eigenvalue weighted by molar-refractivity contribution is 5.83. The van der Waals surface area contributed by atoms with Gasteiger partial charge in [-0.3, -0.25) is 9.59 Å². The van der Waals surface area contributed by atoms with Gasteiger partial charge in [0.05, 0.1) is 12.0 Å². The summed E-state index contributed by atoms with van der Waals surface area (Å²) in [7, 11) is 0. The molecule has 0 aromatic rings. The van der Waals surface area contributed by atoms with E-state index < -0.39 is 0 Å². The maximum Gasteiger partial charge on any atom is 0.309 e. The van der Waals surface area contributed by atoms with Crippen molar-refractivity contribution in [3.05, 3.63) is 0 Å². The van der Waals surface area contributed by atoms with Crippen LogP contribution in [0.2, 0.25) is 0 Å². The first-order valence-corrected chi connectivity index (χ1v) is 5.64. The van der Waals surface area contributed by atoms with Crippen molar-refractivity contribution in [2.75, 3.05) is 0 Å². The fourth-order valence-electron chi connectivity index (χ4n) is 2.39. The van der Waals surface area contributed by atoms with E-state index in [0.29, 0.717) is 12.8 Å². The van der Waals surface area contributed by atoms with Gasteiger partial charge in [-0.05, 0) is 25.7 Å². The molecule has 3 nitrogen and oxygen atoms in total. The van der Waals surface area contributed by atoms with Crippen LogP contribution in [-0.4, -0.2) is 17.9 Å². The molecular formula is C12H20O3. The highest BCUT2D eigenvalue weighted by Gasteiger charge is 2.38. The maximum absolute atomic E-state index is 11.8. The summed E-state index contributed by atoms with van der Waals surface area (Å²) in [6.45, 7) is 7.61. The molecule has 0 amide bonds. The van der Waals surface area contributed by atoms with Crippen molar-refractivity contribution in [2.24, 2.45) is 17.8 Å². The van der Waals surface area contributed by atoms with E-state index in [2.05, 4.69) is 0 Å². The number of esters is 1. The van der Waals surface area contributed by atoms with Gasteiger partial charge in [-0.15, -0.1) is 0 Å². The van der Waals surface area contributed by atoms with Crippen molar-refractivity contribution < 1.29 is 14.3 Å². The summed E-state index contributed by atoms with van der Waals surface area (Å²) < 4.78 is 5.22. The van der Waals surface area contributed by atoms with Gasteiger partial charge in [0.1, 0.15) is 5.78 Å². The van der Waals surface area contributed by atoms with Gasteiger partial charge in [-0.2, -0.15) is 0 Å². The van der Waals surface area contributed by atoms with E-state index in [1.54, 1.807) is 0 Å². The van der Waals surface area contributed by atoms with Crippen LogP contribution in [0.3, 0.4) is 0 Å². The molecule has 1 saturated carbocycles. The SMILES string of the molecule is CC(C)OC(=O)C1[C@H](C)CC(=O)C[C@H]1C. The van der Waals surface area contributed by atoms with Crippen molar-refractivity contribution >= 4 is 11.8 Å². The second kappa shape index (κ2) is 4.77. The Morgan fingerprint density at radius 2 is 1.73 bits per heavy atom. The topological polar surface area (TPSA) is 43.4 Å². The number of carbonyl (C=O) groups excluding carboxylic acids is 2. The molecule has 0 bridgehead atoms. The second-order valence-electron chi connectivity index (χ2n) is 4.91. The molecule has 1 fully saturated rings. The van der Waals surface area contributed by atoms with Crippen LogP contribution in [0, 0.1) is 17.8 Å². The van der Waals surface area contributed by atoms with Crippen LogP contribution in [0.25, 0.3) is 0 Å². The molecule has 0 radical (unpaired) electrons. The van der Waals surface area contributed by atoms with Crippen molar-refractivity contribution in [1.82, 2.24) is 0 Å². The standard InChI is InChI=1S/C12H20O3/c1-7(2)15-12(14)11-8(3)5-10(13)6-9(11)4/h7-9,11H,5-6H2,1-4H3/t8-,9-/m1/s1. The van der Waals surface area contributed by atoms with E-state index in [0.717, 1.165) is 0 Å². The van der Waals surface area contributed by atoms with Crippen molar-refractivity contribution in [1.29, 1.82) is 0 Å². The number of hydrogen-bond donors (Lipinski definition) is 0. The Labute approximate surface area is 91.2 Å². The lowest BCUT2D eigenvalue weighted by Crippen LogP contribution is -2.37. The molecule has 0 N–H and O–H groups in total. The van der Waals surface area contributed by atoms with E-state index >= 15 is 0 Å². The number of ketones is 1. The lowest BCUT2D eigenvalue weighted by molar-refractivity contribution is -0.158. The third-order valence-corrected chi connectivity index (χ3v) is 2.95. The van der Waals surface area contributed by atoms with Crippen LogP contribution in [0.15, 0.2) is 0 Å². The smallest absolute Gasteiger partial charge is 0.309 e. The van der Waals surface area contributed by atoms with E-state index in [1.807, 2.05) is 27.7 Å². The maximum atomic E-state index is 11.8. The van der Waals surface area contributed by atoms with E-state index in [9.17, 15) is 9.59 Å². The summed E-state index contributed by atoms with van der Waals surface area (Å²) in [5, 5.41) is 0. The summed E-state index contributed by atoms with van der Waals surface area (Å²) in [5.41, 5.74) is 0. The zero-order valence-electron chi connectivity index (χ0n) is 9.95. The van der Waals surface area contributed by atoms with Gasteiger partial charge in [0.2, 0.25) is 0 Å². The number of ether oxygens (including phenoxy) is 1. The average Bonchev–Trinajstić information content (AvgIpc) is 1.99. The largest absolute Gasteiger partial charge is 0.463 e. The number of Topliss-reactive ketones (excluding diaryl/α,β-unsaturated/α-hetero) is 1. The van der Waals surface area contributed by atoms with Gasteiger partial charge in [0.15, 0.2) is 0 Å². The lowest BCUT2D eigenvalue weighted by atomic mass is 9.73. The van der Waals surface area contributed by atoms with Crippen molar-refractivity contribution in [3.8, 4) is 0 Å². The first-order valence-electron chi connectivity index (χ1n) is 5.64. The number of carbonyl (C=O) groups is 2. The molecule has 0 aliphatic heterocycles. The lowest BCUT2D eigenvalue weighted by Gasteiger charge is -2.32. The summed E-state index contributed by atoms with van der Waals surface area (Å²) >= 11 is 0. The van der Waals surface area contributed by atoms with E-state index in [-0.39, 0.29) is 35.6 Å². The second-order valence-corrected chi connectivity index (χ2v) is 4.91. The Kier molecular flexibility index (Phi) is 3.89. The van der Waals surface area contributed by atoms with Crippen LogP contribution >= 0.6 is 0 Å². The van der Waals surface area contributed by atoms with Crippen LogP contribution in [0.5, 0.6) is 0 Å². The molecule has 1 aliphatic rings. The first-order chi connectivity index (χ1) is 6.91. The molecule has 0 unspecified atom stereocenters. The fraction of sp³-hybridized carbons (Fsp3) is 0.833. The van der Waals surface area contributed by atoms with Gasteiger partial charge >= 0.3 is 5.97 Å². The van der Waals surface area contributed by atoms with Gasteiger partial charge in [0.25, 0.3) is 0 Å². The molecule has 1 aliphatic carbocycles. The zero-order chi connectivity index (χ0) is 11.6. The monoisotopic (exact) mass is 212 g/mol. The quantitative estimate of drug-likeness (QED) is 0.659. The predicted molar refractivity (Wildman–Crippen MR) is 57.3 cm³/mol. The van der Waals surface area contributed by atoms with Crippen LogP contribution in [0.4, 0.5) is 0 Å². The fourth-order valence-corrected chi connectivity index (χ4v) is 2.39. The Bertz CT molecular complexity index is 244. The van der Waals surface area contributed by atoms with Crippen LogP contribution in [0.1, 0.15) is 40.5 Å². The molecule has 3 heteroatoms. The highest BCUT2D eigenvalue weighted by atomic mass is 16.5. The summed E-state index contributed by atoms with van der Waals surface area (Å²) in [6, 6.07) is 0. The van der Waals surface area contributed by atoms with Gasteiger partial charge in [-0.25, -0.2) is 0 Å². The normalized spacial score (nSPS) is 28.2. The van der Waals surface area contributed by atoms with Crippen molar-refractivity contribution in [3.63, 3.8) is 0 Å². The first kappa shape index (κ1) is 12.2. The summed E-state index contributed by atoms with van der Waals surface area (Å²) in [6.07, 6.45) is 0.958. The molecule has 0 aromatic carbocycles. The molecule has 86 valence electrons. The zero-order valence-corrected chi connectivity index (χ0v) is 9.95. The van der Waals surface area contributed by atoms with E-state index in [1.165, 1.54) is 0 Å². The van der Waals surface area contributed by atoms with Crippen LogP contribution in [-0.2, 0) is 14.3 Å². The Morgan fingerprint density at radius 1 is 1.27 bits per heavy atom. The minimum Gasteiger partial charge on any atom is -0.463 e. The molecule has 0 saturated heterocycles. The minimum atomic E-state index is -0.141. The number of rotatable bonds is 2. The Balaban J connectivity index is 2.66. The van der Waals surface area contributed by atoms with E-state index in [4.69, 9.17) is 4.74 Å². The predicted octanol–water partition coefficient (Wildman–Crippen LogP) is 2.19. The minimum absolute atomic E-state index is 0.0745. The Morgan fingerprint density at radius 3 is 2.13 bits per heavy atom. The van der Waals surface area contributed by atoms with Gasteiger partial charge in [0, 0.05) is 12.8 Å². The average molecular weight is 212 g/mol. The molecule has 0 aromatic heterocycles. The molecular weight excluding hydrogens is 192 g/mol. The van der Waals surface area contributed by atoms with Crippen molar-refractivity contribution in [2.45, 2.75) is 46.6 Å². The molecule has 1 rings (SSSR count). The molecule has 0 heterocycles. The third-order valence-electron chi connectivity index (χ3n) is 2.95. The third kappa shape index (κ3) is 3.05.